The summed E-state index contributed by atoms with van der Waals surface area (Å²) in [5.74, 6) is -0.556. The van der Waals surface area contributed by atoms with E-state index in [1.54, 1.807) is 0 Å². The van der Waals surface area contributed by atoms with E-state index in [1.807, 2.05) is 6.07 Å². The molecule has 1 rings (SSSR count). The predicted molar refractivity (Wildman–Crippen MR) is 61.1 cm³/mol. The molecule has 0 bridgehead atoms. The Morgan fingerprint density at radius 1 is 1.56 bits per heavy atom. The van der Waals surface area contributed by atoms with E-state index in [4.69, 9.17) is 16.9 Å². The molecule has 0 spiro atoms. The molecule has 0 saturated heterocycles. The number of hydrogen-bond acceptors (Lipinski definition) is 3. The van der Waals surface area contributed by atoms with Crippen LogP contribution in [0.3, 0.4) is 0 Å². The van der Waals surface area contributed by atoms with Gasteiger partial charge >= 0.3 is 0 Å². The largest absolute Gasteiger partial charge is 0.381 e. The first kappa shape index (κ1) is 12.5. The number of aliphatic hydroxyl groups is 1. The van der Waals surface area contributed by atoms with Crippen molar-refractivity contribution in [2.24, 2.45) is 0 Å². The summed E-state index contributed by atoms with van der Waals surface area (Å²) in [6.07, 6.45) is 0. The highest BCUT2D eigenvalue weighted by atomic mass is 35.5. The lowest BCUT2D eigenvalue weighted by Gasteiger charge is -2.17. The summed E-state index contributed by atoms with van der Waals surface area (Å²) in [5, 5.41) is 20.8. The average Bonchev–Trinajstić information content (AvgIpc) is 2.19. The molecule has 4 nitrogen and oxygen atoms in total. The molecule has 0 radical (unpaired) electrons. The molecular formula is C11H11ClN2O2. The Labute approximate surface area is 98.5 Å². The Hall–Kier alpha value is -1.57. The molecule has 84 valence electrons. The monoisotopic (exact) mass is 238 g/mol. The summed E-state index contributed by atoms with van der Waals surface area (Å²) < 4.78 is 0. The van der Waals surface area contributed by atoms with Crippen molar-refractivity contribution in [3.63, 3.8) is 0 Å². The van der Waals surface area contributed by atoms with Gasteiger partial charge in [0.2, 0.25) is 0 Å². The zero-order valence-corrected chi connectivity index (χ0v) is 9.67. The molecule has 0 aliphatic rings. The first-order chi connectivity index (χ1) is 7.34. The van der Waals surface area contributed by atoms with Crippen molar-refractivity contribution in [3.8, 4) is 6.07 Å². The van der Waals surface area contributed by atoms with E-state index < -0.39 is 11.5 Å². The second-order valence-corrected chi connectivity index (χ2v) is 4.23. The lowest BCUT2D eigenvalue weighted by molar-refractivity contribution is -0.130. The van der Waals surface area contributed by atoms with Gasteiger partial charge in [0, 0.05) is 0 Å². The van der Waals surface area contributed by atoms with Gasteiger partial charge in [0.15, 0.2) is 0 Å². The number of rotatable bonds is 2. The van der Waals surface area contributed by atoms with E-state index in [9.17, 15) is 9.90 Å². The van der Waals surface area contributed by atoms with Crippen molar-refractivity contribution >= 4 is 23.2 Å². The van der Waals surface area contributed by atoms with E-state index in [0.717, 1.165) is 0 Å². The van der Waals surface area contributed by atoms with E-state index in [1.165, 1.54) is 32.0 Å². The molecular weight excluding hydrogens is 228 g/mol. The maximum absolute atomic E-state index is 11.5. The lowest BCUT2D eigenvalue weighted by Crippen LogP contribution is -2.36. The molecule has 5 heteroatoms. The second kappa shape index (κ2) is 4.52. The molecule has 0 heterocycles. The highest BCUT2D eigenvalue weighted by molar-refractivity contribution is 6.33. The third kappa shape index (κ3) is 2.96. The Kier molecular flexibility index (Phi) is 3.53. The number of nitrogens with zero attached hydrogens (tertiary/aromatic N) is 1. The molecule has 0 aliphatic heterocycles. The molecule has 1 amide bonds. The summed E-state index contributed by atoms with van der Waals surface area (Å²) in [7, 11) is 0. The van der Waals surface area contributed by atoms with Crippen LogP contribution in [0, 0.1) is 11.3 Å². The van der Waals surface area contributed by atoms with Crippen LogP contribution >= 0.6 is 11.6 Å². The topological polar surface area (TPSA) is 73.1 Å². The minimum atomic E-state index is -1.47. The SMILES string of the molecule is CC(C)(O)C(=O)Nc1ccc(C#N)cc1Cl. The van der Waals surface area contributed by atoms with Gasteiger partial charge in [0.05, 0.1) is 22.3 Å². The van der Waals surface area contributed by atoms with Gasteiger partial charge in [-0.3, -0.25) is 4.79 Å². The fourth-order valence-corrected chi connectivity index (χ4v) is 1.19. The van der Waals surface area contributed by atoms with Crippen molar-refractivity contribution in [2.45, 2.75) is 19.4 Å². The van der Waals surface area contributed by atoms with E-state index >= 15 is 0 Å². The third-order valence-electron chi connectivity index (χ3n) is 1.90. The minimum Gasteiger partial charge on any atom is -0.381 e. The molecule has 0 aliphatic carbocycles. The fraction of sp³-hybridized carbons (Fsp3) is 0.273. The van der Waals surface area contributed by atoms with Crippen LogP contribution in [0.4, 0.5) is 5.69 Å². The van der Waals surface area contributed by atoms with Crippen molar-refractivity contribution in [1.29, 1.82) is 5.26 Å². The molecule has 0 atom stereocenters. The van der Waals surface area contributed by atoms with Crippen LogP contribution in [0.25, 0.3) is 0 Å². The number of nitrogens with one attached hydrogen (secondary N) is 1. The standard InChI is InChI=1S/C11H11ClN2O2/c1-11(2,16)10(15)14-9-4-3-7(6-13)5-8(9)12/h3-5,16H,1-2H3,(H,14,15). The number of halogens is 1. The van der Waals surface area contributed by atoms with Gasteiger partial charge in [0.1, 0.15) is 5.60 Å². The molecule has 0 aromatic heterocycles. The number of anilines is 1. The van der Waals surface area contributed by atoms with Crippen LogP contribution in [0.1, 0.15) is 19.4 Å². The zero-order valence-electron chi connectivity index (χ0n) is 8.91. The van der Waals surface area contributed by atoms with Gasteiger partial charge in [-0.2, -0.15) is 5.26 Å². The molecule has 0 saturated carbocycles. The lowest BCUT2D eigenvalue weighted by atomic mass is 10.1. The highest BCUT2D eigenvalue weighted by Gasteiger charge is 2.24. The quantitative estimate of drug-likeness (QED) is 0.827. The normalized spacial score (nSPS) is 10.7. The number of amides is 1. The molecule has 0 unspecified atom stereocenters. The van der Waals surface area contributed by atoms with E-state index in [0.29, 0.717) is 11.3 Å². The molecule has 2 N–H and O–H groups in total. The Morgan fingerprint density at radius 3 is 2.62 bits per heavy atom. The van der Waals surface area contributed by atoms with Crippen LogP contribution in [0.2, 0.25) is 5.02 Å². The van der Waals surface area contributed by atoms with Crippen LogP contribution in [-0.2, 0) is 4.79 Å². The molecule has 1 aromatic rings. The number of nitriles is 1. The van der Waals surface area contributed by atoms with Gasteiger partial charge < -0.3 is 10.4 Å². The van der Waals surface area contributed by atoms with Crippen molar-refractivity contribution in [1.82, 2.24) is 0 Å². The van der Waals surface area contributed by atoms with Gasteiger partial charge in [-0.1, -0.05) is 11.6 Å². The maximum Gasteiger partial charge on any atom is 0.255 e. The first-order valence-electron chi connectivity index (χ1n) is 4.58. The van der Waals surface area contributed by atoms with Crippen LogP contribution < -0.4 is 5.32 Å². The van der Waals surface area contributed by atoms with E-state index in [-0.39, 0.29) is 5.02 Å². The summed E-state index contributed by atoms with van der Waals surface area (Å²) in [4.78, 5) is 11.5. The van der Waals surface area contributed by atoms with Gasteiger partial charge in [-0.05, 0) is 32.0 Å². The fourth-order valence-electron chi connectivity index (χ4n) is 0.961. The van der Waals surface area contributed by atoms with Crippen LogP contribution in [0.5, 0.6) is 0 Å². The zero-order chi connectivity index (χ0) is 12.3. The van der Waals surface area contributed by atoms with Crippen molar-refractivity contribution in [3.05, 3.63) is 28.8 Å². The van der Waals surface area contributed by atoms with Crippen LogP contribution in [-0.4, -0.2) is 16.6 Å². The Morgan fingerprint density at radius 2 is 2.19 bits per heavy atom. The van der Waals surface area contributed by atoms with Crippen molar-refractivity contribution in [2.75, 3.05) is 5.32 Å². The Bertz CT molecular complexity index is 458. The Balaban J connectivity index is 2.92. The first-order valence-corrected chi connectivity index (χ1v) is 4.96. The van der Waals surface area contributed by atoms with Crippen molar-refractivity contribution < 1.29 is 9.90 Å². The number of hydrogen-bond donors (Lipinski definition) is 2. The molecule has 16 heavy (non-hydrogen) atoms. The number of benzene rings is 1. The highest BCUT2D eigenvalue weighted by Crippen LogP contribution is 2.23. The molecule has 1 aromatic carbocycles. The van der Waals surface area contributed by atoms with Gasteiger partial charge in [0.25, 0.3) is 5.91 Å². The minimum absolute atomic E-state index is 0.261. The number of carbonyl (C=O) groups excluding carboxylic acids is 1. The van der Waals surface area contributed by atoms with Gasteiger partial charge in [-0.15, -0.1) is 0 Å². The summed E-state index contributed by atoms with van der Waals surface area (Å²) in [6.45, 7) is 2.75. The van der Waals surface area contributed by atoms with E-state index in [2.05, 4.69) is 5.32 Å². The summed E-state index contributed by atoms with van der Waals surface area (Å²) in [6, 6.07) is 6.43. The average molecular weight is 239 g/mol. The smallest absolute Gasteiger partial charge is 0.255 e. The summed E-state index contributed by atoms with van der Waals surface area (Å²) in [5.41, 5.74) is -0.698. The molecule has 0 fully saturated rings. The third-order valence-corrected chi connectivity index (χ3v) is 2.21. The van der Waals surface area contributed by atoms with Crippen LogP contribution in [0.15, 0.2) is 18.2 Å². The summed E-state index contributed by atoms with van der Waals surface area (Å²) >= 11 is 5.85. The number of carbonyl (C=O) groups is 1. The predicted octanol–water partition coefficient (Wildman–Crippen LogP) is 1.92. The second-order valence-electron chi connectivity index (χ2n) is 3.82. The maximum atomic E-state index is 11.5. The van der Waals surface area contributed by atoms with Gasteiger partial charge in [-0.25, -0.2) is 0 Å².